The van der Waals surface area contributed by atoms with Gasteiger partial charge in [-0.2, -0.15) is 13.2 Å². The van der Waals surface area contributed by atoms with Crippen LogP contribution in [0.5, 0.6) is 0 Å². The van der Waals surface area contributed by atoms with Gasteiger partial charge in [0.2, 0.25) is 6.41 Å². The molecule has 0 unspecified atom stereocenters. The summed E-state index contributed by atoms with van der Waals surface area (Å²) in [7, 11) is 1.51. The highest BCUT2D eigenvalue weighted by molar-refractivity contribution is 7.10. The predicted molar refractivity (Wildman–Crippen MR) is 90.7 cm³/mol. The number of thiophene rings is 1. The fraction of sp³-hybridized carbons (Fsp3) is 0.133. The number of rotatable bonds is 4. The second kappa shape index (κ2) is 9.06. The molecule has 0 saturated heterocycles. The van der Waals surface area contributed by atoms with E-state index in [-0.39, 0.29) is 5.56 Å². The molecule has 2 rings (SSSR count). The molecule has 2 aromatic rings. The van der Waals surface area contributed by atoms with Crippen LogP contribution in [0.2, 0.25) is 0 Å². The van der Waals surface area contributed by atoms with Gasteiger partial charge in [-0.3, -0.25) is 10.2 Å². The van der Waals surface area contributed by atoms with Gasteiger partial charge in [0.05, 0.1) is 11.3 Å². The van der Waals surface area contributed by atoms with Crippen LogP contribution in [-0.4, -0.2) is 13.5 Å². The van der Waals surface area contributed by atoms with E-state index >= 15 is 0 Å². The molecule has 0 atom stereocenters. The minimum Gasteiger partial charge on any atom is -0.314 e. The maximum atomic E-state index is 13.1. The van der Waals surface area contributed by atoms with Gasteiger partial charge in [-0.05, 0) is 29.7 Å². The van der Waals surface area contributed by atoms with Crippen LogP contribution in [0.4, 0.5) is 18.9 Å². The Kier molecular flexibility index (Phi) is 7.43. The number of amides is 1. The van der Waals surface area contributed by atoms with Crippen LogP contribution in [-0.2, 0) is 11.0 Å². The zero-order chi connectivity index (χ0) is 18.2. The number of nitrogens with one attached hydrogen (secondary N) is 1. The molecule has 0 saturated carbocycles. The summed E-state index contributed by atoms with van der Waals surface area (Å²) in [6.45, 7) is 0. The third kappa shape index (κ3) is 5.69. The van der Waals surface area contributed by atoms with E-state index in [0.29, 0.717) is 12.1 Å². The van der Waals surface area contributed by atoms with Gasteiger partial charge in [-0.25, -0.2) is 11.7 Å². The van der Waals surface area contributed by atoms with Crippen molar-refractivity contribution in [3.05, 3.63) is 51.7 Å². The minimum absolute atomic E-state index is 0.0680. The lowest BCUT2D eigenvalue weighted by Crippen LogP contribution is -2.26. The molecule has 0 bridgehead atoms. The van der Waals surface area contributed by atoms with Gasteiger partial charge in [0.15, 0.2) is 0 Å². The first kappa shape index (κ1) is 19.7. The van der Waals surface area contributed by atoms with Crippen LogP contribution in [0.25, 0.3) is 12.2 Å². The van der Waals surface area contributed by atoms with E-state index in [0.717, 1.165) is 10.9 Å². The van der Waals surface area contributed by atoms with Crippen molar-refractivity contribution in [2.45, 2.75) is 6.18 Å². The second-order valence-electron chi connectivity index (χ2n) is 4.48. The molecule has 0 radical (unpaired) electrons. The van der Waals surface area contributed by atoms with Crippen molar-refractivity contribution < 1.29 is 18.0 Å². The van der Waals surface area contributed by atoms with Gasteiger partial charge >= 0.3 is 6.18 Å². The third-order valence-electron chi connectivity index (χ3n) is 2.79. The number of nitrogens with two attached hydrogens (primary N) is 2. The Morgan fingerprint density at radius 1 is 1.21 bits per heavy atom. The van der Waals surface area contributed by atoms with E-state index in [1.807, 2.05) is 17.5 Å². The second-order valence-corrected chi connectivity index (χ2v) is 5.46. The summed E-state index contributed by atoms with van der Waals surface area (Å²) in [5, 5.41) is 3.05. The topological polar surface area (TPSA) is 84.4 Å². The highest BCUT2D eigenvalue weighted by atomic mass is 32.1. The first-order chi connectivity index (χ1) is 11.3. The van der Waals surface area contributed by atoms with E-state index in [1.165, 1.54) is 35.5 Å². The van der Waals surface area contributed by atoms with Gasteiger partial charge in [-0.1, -0.05) is 18.2 Å². The molecule has 0 aliphatic heterocycles. The highest BCUT2D eigenvalue weighted by Gasteiger charge is 2.33. The summed E-state index contributed by atoms with van der Waals surface area (Å²) in [6, 6.07) is 7.65. The van der Waals surface area contributed by atoms with E-state index in [4.69, 9.17) is 10.6 Å². The third-order valence-corrected chi connectivity index (χ3v) is 3.63. The van der Waals surface area contributed by atoms with Crippen molar-refractivity contribution in [1.82, 2.24) is 5.43 Å². The van der Waals surface area contributed by atoms with Gasteiger partial charge in [0.25, 0.3) is 0 Å². The molecular weight excluding hydrogens is 341 g/mol. The average Bonchev–Trinajstić information content (AvgIpc) is 3.05. The van der Waals surface area contributed by atoms with Gasteiger partial charge in [0, 0.05) is 17.5 Å². The molecule has 1 aromatic carbocycles. The van der Waals surface area contributed by atoms with Gasteiger partial charge in [-0.15, -0.1) is 11.3 Å². The summed E-state index contributed by atoms with van der Waals surface area (Å²) in [5.74, 6) is 10.0. The predicted octanol–water partition coefficient (Wildman–Crippen LogP) is 2.85. The largest absolute Gasteiger partial charge is 0.417 e. The Morgan fingerprint density at radius 3 is 2.33 bits per heavy atom. The normalized spacial score (nSPS) is 10.9. The molecule has 9 heteroatoms. The van der Waals surface area contributed by atoms with E-state index < -0.39 is 11.7 Å². The van der Waals surface area contributed by atoms with Gasteiger partial charge < -0.3 is 5.01 Å². The Bertz CT molecular complexity index is 670. The van der Waals surface area contributed by atoms with Crippen molar-refractivity contribution in [2.75, 3.05) is 12.1 Å². The molecule has 1 aromatic heterocycles. The molecule has 0 spiro atoms. The van der Waals surface area contributed by atoms with Crippen molar-refractivity contribution in [3.8, 4) is 0 Å². The van der Waals surface area contributed by atoms with Gasteiger partial charge in [0.1, 0.15) is 0 Å². The quantitative estimate of drug-likeness (QED) is 0.340. The molecule has 5 nitrogen and oxygen atoms in total. The van der Waals surface area contributed by atoms with Crippen LogP contribution in [0, 0.1) is 0 Å². The zero-order valence-corrected chi connectivity index (χ0v) is 13.6. The summed E-state index contributed by atoms with van der Waals surface area (Å²) >= 11 is 1.46. The summed E-state index contributed by atoms with van der Waals surface area (Å²) in [4.78, 5) is 9.82. The van der Waals surface area contributed by atoms with Crippen molar-refractivity contribution in [3.63, 3.8) is 0 Å². The lowest BCUT2D eigenvalue weighted by molar-refractivity contribution is -0.137. The number of hydrogen-bond acceptors (Lipinski definition) is 5. The molecule has 0 fully saturated rings. The standard InChI is InChI=1S/C14H13F3N2S.CH4N2O/c1-19(18)13-6-2-5-12(14(15,16)17)11(13)8-7-10-4-3-9-20-10;2-3-1-4/h2-9H,18H2,1H3;1H,2H2,(H,3,4)/b8-7+;. The lowest BCUT2D eigenvalue weighted by atomic mass is 10.0. The fourth-order valence-electron chi connectivity index (χ4n) is 1.83. The number of alkyl halides is 3. The van der Waals surface area contributed by atoms with E-state index in [1.54, 1.807) is 17.6 Å². The molecule has 5 N–H and O–H groups in total. The monoisotopic (exact) mass is 358 g/mol. The molecule has 0 aliphatic rings. The SMILES string of the molecule is CN(N)c1cccc(C(F)(F)F)c1/C=C/c1cccs1.NNC=O. The number of benzene rings is 1. The van der Waals surface area contributed by atoms with Crippen molar-refractivity contribution in [2.24, 2.45) is 11.7 Å². The summed E-state index contributed by atoms with van der Waals surface area (Å²) < 4.78 is 39.2. The van der Waals surface area contributed by atoms with Crippen LogP contribution >= 0.6 is 11.3 Å². The number of anilines is 1. The Hall–Kier alpha value is -2.36. The summed E-state index contributed by atoms with van der Waals surface area (Å²) in [5.41, 5.74) is 1.45. The number of halogens is 3. The van der Waals surface area contributed by atoms with E-state index in [2.05, 4.69) is 5.84 Å². The average molecular weight is 358 g/mol. The maximum absolute atomic E-state index is 13.1. The smallest absolute Gasteiger partial charge is 0.314 e. The van der Waals surface area contributed by atoms with E-state index in [9.17, 15) is 13.2 Å². The van der Waals surface area contributed by atoms with Crippen LogP contribution < -0.4 is 22.1 Å². The summed E-state index contributed by atoms with van der Waals surface area (Å²) in [6.07, 6.45) is -0.906. The molecule has 1 amide bonds. The molecular formula is C15H17F3N4OS. The molecule has 1 heterocycles. The van der Waals surface area contributed by atoms with Crippen LogP contribution in [0.1, 0.15) is 16.0 Å². The van der Waals surface area contributed by atoms with Crippen molar-refractivity contribution >= 4 is 35.6 Å². The number of hydrogen-bond donors (Lipinski definition) is 3. The van der Waals surface area contributed by atoms with Crippen LogP contribution in [0.15, 0.2) is 35.7 Å². The number of carbonyl (C=O) groups is 1. The first-order valence-corrected chi connectivity index (χ1v) is 7.49. The number of nitrogens with zero attached hydrogens (tertiary/aromatic N) is 1. The van der Waals surface area contributed by atoms with Crippen LogP contribution in [0.3, 0.4) is 0 Å². The molecule has 0 aliphatic carbocycles. The minimum atomic E-state index is -4.42. The lowest BCUT2D eigenvalue weighted by Gasteiger charge is -2.19. The molecule has 130 valence electrons. The Balaban J connectivity index is 0.000000648. The zero-order valence-electron chi connectivity index (χ0n) is 12.7. The van der Waals surface area contributed by atoms with Crippen molar-refractivity contribution in [1.29, 1.82) is 0 Å². The first-order valence-electron chi connectivity index (χ1n) is 6.61. The Labute approximate surface area is 141 Å². The highest BCUT2D eigenvalue weighted by Crippen LogP contribution is 2.36. The maximum Gasteiger partial charge on any atom is 0.417 e. The Morgan fingerprint density at radius 2 is 1.88 bits per heavy atom. The molecule has 24 heavy (non-hydrogen) atoms. The number of hydrazine groups is 2. The number of carbonyl (C=O) groups excluding carboxylic acids is 1. The fourth-order valence-corrected chi connectivity index (χ4v) is 2.45.